The molecule has 15 heavy (non-hydrogen) atoms. The topological polar surface area (TPSA) is 29.1 Å². The standard InChI is InChI=1S/C12H10BrNO/c1-8(15)14-10-5-6-11-9(7-10)3-2-4-12(11)13/h2-7H,1H3,(H,14,15). The SMILES string of the molecule is CC(=O)Nc1ccc2c(Br)cccc2c1. The molecule has 0 heterocycles. The zero-order valence-corrected chi connectivity index (χ0v) is 9.84. The van der Waals surface area contributed by atoms with Crippen LogP contribution in [0.3, 0.4) is 0 Å². The number of benzene rings is 2. The molecule has 0 aromatic heterocycles. The Morgan fingerprint density at radius 2 is 2.07 bits per heavy atom. The first-order valence-corrected chi connectivity index (χ1v) is 5.42. The number of carbonyl (C=O) groups excluding carboxylic acids is 1. The second-order valence-electron chi connectivity index (χ2n) is 3.36. The molecule has 0 fully saturated rings. The average Bonchev–Trinajstić information content (AvgIpc) is 2.17. The van der Waals surface area contributed by atoms with E-state index in [1.54, 1.807) is 0 Å². The van der Waals surface area contributed by atoms with Crippen molar-refractivity contribution in [1.29, 1.82) is 0 Å². The van der Waals surface area contributed by atoms with Crippen LogP contribution in [0.15, 0.2) is 40.9 Å². The predicted octanol–water partition coefficient (Wildman–Crippen LogP) is 3.56. The molecule has 2 nitrogen and oxygen atoms in total. The van der Waals surface area contributed by atoms with Crippen molar-refractivity contribution in [3.8, 4) is 0 Å². The molecule has 2 aromatic carbocycles. The zero-order chi connectivity index (χ0) is 10.8. The van der Waals surface area contributed by atoms with E-state index in [4.69, 9.17) is 0 Å². The van der Waals surface area contributed by atoms with Crippen molar-refractivity contribution >= 4 is 38.3 Å². The van der Waals surface area contributed by atoms with E-state index in [9.17, 15) is 4.79 Å². The van der Waals surface area contributed by atoms with Crippen molar-refractivity contribution in [2.45, 2.75) is 6.92 Å². The Bertz CT molecular complexity index is 522. The van der Waals surface area contributed by atoms with Gasteiger partial charge in [-0.1, -0.05) is 34.1 Å². The molecule has 2 rings (SSSR count). The number of halogens is 1. The second-order valence-corrected chi connectivity index (χ2v) is 4.21. The van der Waals surface area contributed by atoms with Crippen molar-refractivity contribution in [1.82, 2.24) is 0 Å². The summed E-state index contributed by atoms with van der Waals surface area (Å²) in [7, 11) is 0. The Morgan fingerprint density at radius 3 is 2.80 bits per heavy atom. The smallest absolute Gasteiger partial charge is 0.221 e. The minimum atomic E-state index is -0.0515. The highest BCUT2D eigenvalue weighted by atomic mass is 79.9. The fraction of sp³-hybridized carbons (Fsp3) is 0.0833. The summed E-state index contributed by atoms with van der Waals surface area (Å²) in [4.78, 5) is 10.9. The van der Waals surface area contributed by atoms with E-state index in [2.05, 4.69) is 21.2 Å². The van der Waals surface area contributed by atoms with Crippen molar-refractivity contribution < 1.29 is 4.79 Å². The van der Waals surface area contributed by atoms with Gasteiger partial charge in [0.2, 0.25) is 5.91 Å². The van der Waals surface area contributed by atoms with E-state index in [1.807, 2.05) is 36.4 Å². The van der Waals surface area contributed by atoms with Crippen molar-refractivity contribution in [2.75, 3.05) is 5.32 Å². The fourth-order valence-corrected chi connectivity index (χ4v) is 2.04. The number of hydrogen-bond acceptors (Lipinski definition) is 1. The molecule has 0 saturated heterocycles. The van der Waals surface area contributed by atoms with Crippen LogP contribution in [0.4, 0.5) is 5.69 Å². The Labute approximate surface area is 96.4 Å². The van der Waals surface area contributed by atoms with Gasteiger partial charge in [0, 0.05) is 17.1 Å². The summed E-state index contributed by atoms with van der Waals surface area (Å²) in [5.41, 5.74) is 0.827. The number of anilines is 1. The van der Waals surface area contributed by atoms with E-state index >= 15 is 0 Å². The summed E-state index contributed by atoms with van der Waals surface area (Å²) in [6.45, 7) is 1.51. The number of carbonyl (C=O) groups is 1. The van der Waals surface area contributed by atoms with Crippen LogP contribution < -0.4 is 5.32 Å². The van der Waals surface area contributed by atoms with Gasteiger partial charge in [-0.05, 0) is 29.0 Å². The van der Waals surface area contributed by atoms with Crippen LogP contribution in [0.5, 0.6) is 0 Å². The summed E-state index contributed by atoms with van der Waals surface area (Å²) in [6.07, 6.45) is 0. The molecule has 0 unspecified atom stereocenters. The highest BCUT2D eigenvalue weighted by Gasteiger charge is 2.00. The summed E-state index contributed by atoms with van der Waals surface area (Å²) in [5.74, 6) is -0.0515. The van der Waals surface area contributed by atoms with E-state index in [-0.39, 0.29) is 5.91 Å². The molecular formula is C12H10BrNO. The monoisotopic (exact) mass is 263 g/mol. The first kappa shape index (κ1) is 10.2. The van der Waals surface area contributed by atoms with Gasteiger partial charge in [0.1, 0.15) is 0 Å². The van der Waals surface area contributed by atoms with Gasteiger partial charge in [-0.25, -0.2) is 0 Å². The van der Waals surface area contributed by atoms with Crippen LogP contribution in [-0.2, 0) is 4.79 Å². The van der Waals surface area contributed by atoms with Crippen molar-refractivity contribution in [3.05, 3.63) is 40.9 Å². The largest absolute Gasteiger partial charge is 0.326 e. The van der Waals surface area contributed by atoms with Gasteiger partial charge in [-0.3, -0.25) is 4.79 Å². The highest BCUT2D eigenvalue weighted by molar-refractivity contribution is 9.10. The van der Waals surface area contributed by atoms with Crippen LogP contribution >= 0.6 is 15.9 Å². The highest BCUT2D eigenvalue weighted by Crippen LogP contribution is 2.26. The van der Waals surface area contributed by atoms with Gasteiger partial charge in [0.15, 0.2) is 0 Å². The molecule has 0 radical (unpaired) electrons. The average molecular weight is 264 g/mol. The number of hydrogen-bond donors (Lipinski definition) is 1. The van der Waals surface area contributed by atoms with E-state index in [0.29, 0.717) is 0 Å². The van der Waals surface area contributed by atoms with E-state index < -0.39 is 0 Å². The molecule has 3 heteroatoms. The van der Waals surface area contributed by atoms with Gasteiger partial charge in [0.25, 0.3) is 0 Å². The normalized spacial score (nSPS) is 10.3. The first-order chi connectivity index (χ1) is 7.16. The minimum Gasteiger partial charge on any atom is -0.326 e. The number of nitrogens with one attached hydrogen (secondary N) is 1. The van der Waals surface area contributed by atoms with Crippen LogP contribution in [0, 0.1) is 0 Å². The molecular weight excluding hydrogens is 254 g/mol. The predicted molar refractivity (Wildman–Crippen MR) is 66.0 cm³/mol. The van der Waals surface area contributed by atoms with Crippen LogP contribution in [0.1, 0.15) is 6.92 Å². The molecule has 0 bridgehead atoms. The molecule has 0 atom stereocenters. The Balaban J connectivity index is 2.52. The maximum Gasteiger partial charge on any atom is 0.221 e. The van der Waals surface area contributed by atoms with Gasteiger partial charge >= 0.3 is 0 Å². The third-order valence-electron chi connectivity index (χ3n) is 2.15. The maximum absolute atomic E-state index is 10.9. The summed E-state index contributed by atoms with van der Waals surface area (Å²) in [5, 5.41) is 5.01. The number of rotatable bonds is 1. The van der Waals surface area contributed by atoms with Crippen LogP contribution in [-0.4, -0.2) is 5.91 Å². The zero-order valence-electron chi connectivity index (χ0n) is 8.25. The summed E-state index contributed by atoms with van der Waals surface area (Å²) < 4.78 is 1.06. The lowest BCUT2D eigenvalue weighted by Crippen LogP contribution is -2.05. The lowest BCUT2D eigenvalue weighted by atomic mass is 10.1. The van der Waals surface area contributed by atoms with Crippen molar-refractivity contribution in [2.24, 2.45) is 0 Å². The summed E-state index contributed by atoms with van der Waals surface area (Å²) in [6, 6.07) is 11.8. The molecule has 1 amide bonds. The maximum atomic E-state index is 10.9. The molecule has 0 spiro atoms. The molecule has 0 aliphatic heterocycles. The Hall–Kier alpha value is -1.35. The quantitative estimate of drug-likeness (QED) is 0.838. The van der Waals surface area contributed by atoms with E-state index in [1.165, 1.54) is 6.92 Å². The van der Waals surface area contributed by atoms with Crippen LogP contribution in [0.25, 0.3) is 10.8 Å². The van der Waals surface area contributed by atoms with Gasteiger partial charge < -0.3 is 5.32 Å². The lowest BCUT2D eigenvalue weighted by molar-refractivity contribution is -0.114. The second kappa shape index (κ2) is 4.03. The molecule has 76 valence electrons. The Kier molecular flexibility index (Phi) is 2.73. The molecule has 0 aliphatic carbocycles. The fourth-order valence-electron chi connectivity index (χ4n) is 1.53. The molecule has 2 aromatic rings. The molecule has 0 saturated carbocycles. The lowest BCUT2D eigenvalue weighted by Gasteiger charge is -2.05. The summed E-state index contributed by atoms with van der Waals surface area (Å²) >= 11 is 3.48. The van der Waals surface area contributed by atoms with Crippen molar-refractivity contribution in [3.63, 3.8) is 0 Å². The van der Waals surface area contributed by atoms with E-state index in [0.717, 1.165) is 20.9 Å². The third-order valence-corrected chi connectivity index (χ3v) is 2.84. The Morgan fingerprint density at radius 1 is 1.27 bits per heavy atom. The molecule has 1 N–H and O–H groups in total. The van der Waals surface area contributed by atoms with Gasteiger partial charge in [-0.15, -0.1) is 0 Å². The number of fused-ring (bicyclic) bond motifs is 1. The van der Waals surface area contributed by atoms with Gasteiger partial charge in [-0.2, -0.15) is 0 Å². The number of amides is 1. The van der Waals surface area contributed by atoms with Gasteiger partial charge in [0.05, 0.1) is 0 Å². The third kappa shape index (κ3) is 2.18. The molecule has 0 aliphatic rings. The van der Waals surface area contributed by atoms with Crippen LogP contribution in [0.2, 0.25) is 0 Å². The first-order valence-electron chi connectivity index (χ1n) is 4.63. The minimum absolute atomic E-state index is 0.0515.